The van der Waals surface area contributed by atoms with Crippen LogP contribution in [0, 0.1) is 0 Å². The number of nitrogens with zero attached hydrogens (tertiary/aromatic N) is 2. The fourth-order valence-electron chi connectivity index (χ4n) is 3.75. The molecule has 2 N–H and O–H groups in total. The van der Waals surface area contributed by atoms with E-state index in [2.05, 4.69) is 85.7 Å². The van der Waals surface area contributed by atoms with Crippen molar-refractivity contribution in [2.75, 3.05) is 0 Å². The monoisotopic (exact) mass is 372 g/mol. The summed E-state index contributed by atoms with van der Waals surface area (Å²) in [4.78, 5) is 15.8. The molecule has 0 bridgehead atoms. The van der Waals surface area contributed by atoms with E-state index in [0.29, 0.717) is 0 Å². The van der Waals surface area contributed by atoms with Gasteiger partial charge in [0.1, 0.15) is 11.6 Å². The fourth-order valence-corrected chi connectivity index (χ4v) is 3.75. The van der Waals surface area contributed by atoms with Crippen LogP contribution in [-0.4, -0.2) is 19.9 Å². The van der Waals surface area contributed by atoms with Crippen LogP contribution in [0.2, 0.25) is 0 Å². The largest absolute Gasteiger partial charge is 0.345 e. The van der Waals surface area contributed by atoms with Crippen LogP contribution < -0.4 is 0 Å². The molecule has 0 aliphatic heterocycles. The lowest BCUT2D eigenvalue weighted by Gasteiger charge is -2.26. The summed E-state index contributed by atoms with van der Waals surface area (Å²) in [6, 6.07) is 9.08. The number of rotatable bonds is 2. The number of benzene rings is 2. The van der Waals surface area contributed by atoms with Crippen molar-refractivity contribution in [1.82, 2.24) is 19.9 Å². The highest BCUT2D eigenvalue weighted by atomic mass is 14.9. The van der Waals surface area contributed by atoms with Crippen LogP contribution in [0.3, 0.4) is 0 Å². The van der Waals surface area contributed by atoms with E-state index < -0.39 is 0 Å². The second kappa shape index (κ2) is 6.33. The molecule has 0 saturated carbocycles. The zero-order valence-electron chi connectivity index (χ0n) is 17.5. The number of fused-ring (bicyclic) bond motifs is 1. The van der Waals surface area contributed by atoms with E-state index in [1.165, 1.54) is 27.5 Å². The Bertz CT molecular complexity index is 1110. The van der Waals surface area contributed by atoms with Gasteiger partial charge in [-0.15, -0.1) is 0 Å². The van der Waals surface area contributed by atoms with Crippen molar-refractivity contribution < 1.29 is 0 Å². The number of imidazole rings is 2. The topological polar surface area (TPSA) is 57.4 Å². The third-order valence-corrected chi connectivity index (χ3v) is 5.30. The Labute approximate surface area is 166 Å². The average molecular weight is 373 g/mol. The van der Waals surface area contributed by atoms with Crippen LogP contribution in [0.1, 0.15) is 52.7 Å². The van der Waals surface area contributed by atoms with Crippen molar-refractivity contribution in [1.29, 1.82) is 0 Å². The van der Waals surface area contributed by atoms with Crippen molar-refractivity contribution in [3.8, 4) is 22.8 Å². The minimum Gasteiger partial charge on any atom is -0.345 e. The lowest BCUT2D eigenvalue weighted by molar-refractivity contribution is 0.590. The minimum absolute atomic E-state index is 0.0413. The van der Waals surface area contributed by atoms with Crippen molar-refractivity contribution in [3.63, 3.8) is 0 Å². The number of aromatic nitrogens is 4. The molecule has 0 saturated heterocycles. The summed E-state index contributed by atoms with van der Waals surface area (Å²) in [5.41, 5.74) is 4.89. The molecule has 4 rings (SSSR count). The minimum atomic E-state index is -0.0413. The van der Waals surface area contributed by atoms with E-state index in [9.17, 15) is 0 Å². The smallest absolute Gasteiger partial charge is 0.138 e. The Morgan fingerprint density at radius 2 is 1.36 bits per heavy atom. The van der Waals surface area contributed by atoms with Crippen LogP contribution in [0.4, 0.5) is 0 Å². The van der Waals surface area contributed by atoms with Crippen LogP contribution in [0.5, 0.6) is 0 Å². The summed E-state index contributed by atoms with van der Waals surface area (Å²) in [6.07, 6.45) is 7.40. The van der Waals surface area contributed by atoms with Crippen LogP contribution >= 0.6 is 0 Å². The second-order valence-electron chi connectivity index (χ2n) is 9.48. The Hall–Kier alpha value is -2.88. The Morgan fingerprint density at radius 1 is 0.714 bits per heavy atom. The summed E-state index contributed by atoms with van der Waals surface area (Å²) in [7, 11) is 0. The van der Waals surface area contributed by atoms with Gasteiger partial charge in [-0.3, -0.25) is 0 Å². The summed E-state index contributed by atoms with van der Waals surface area (Å²) in [5, 5.41) is 2.39. The maximum absolute atomic E-state index is 4.60. The molecule has 28 heavy (non-hydrogen) atoms. The van der Waals surface area contributed by atoms with Crippen LogP contribution in [-0.2, 0) is 10.8 Å². The molecule has 0 radical (unpaired) electrons. The van der Waals surface area contributed by atoms with Crippen LogP contribution in [0.15, 0.2) is 49.1 Å². The molecule has 0 fully saturated rings. The summed E-state index contributed by atoms with van der Waals surface area (Å²) in [6.45, 7) is 13.5. The fraction of sp³-hybridized carbons (Fsp3) is 0.333. The standard InChI is InChI=1S/C24H28N4/c1-23(2,3)15-7-8-16-17(13-15)18(21-25-9-10-26-21)14-19(24(4,5)6)20(16)22-27-11-12-28-22/h7-14H,1-6H3,(H,25,26)(H,27,28). The summed E-state index contributed by atoms with van der Waals surface area (Å²) < 4.78 is 0. The maximum Gasteiger partial charge on any atom is 0.138 e. The maximum atomic E-state index is 4.60. The first-order valence-electron chi connectivity index (χ1n) is 9.77. The molecular weight excluding hydrogens is 344 g/mol. The quantitative estimate of drug-likeness (QED) is 0.439. The van der Waals surface area contributed by atoms with Crippen molar-refractivity contribution >= 4 is 10.8 Å². The molecule has 2 heterocycles. The molecule has 0 atom stereocenters. The van der Waals surface area contributed by atoms with Crippen molar-refractivity contribution in [2.45, 2.75) is 52.4 Å². The predicted octanol–water partition coefficient (Wildman–Crippen LogP) is 6.22. The highest BCUT2D eigenvalue weighted by Crippen LogP contribution is 2.42. The first-order valence-corrected chi connectivity index (χ1v) is 9.77. The van der Waals surface area contributed by atoms with Gasteiger partial charge in [0.15, 0.2) is 0 Å². The van der Waals surface area contributed by atoms with E-state index in [-0.39, 0.29) is 10.8 Å². The number of hydrogen-bond acceptors (Lipinski definition) is 2. The summed E-state index contributed by atoms with van der Waals surface area (Å²) >= 11 is 0. The number of aromatic amines is 2. The van der Waals surface area contributed by atoms with E-state index in [1.807, 2.05) is 24.8 Å². The van der Waals surface area contributed by atoms with Gasteiger partial charge in [-0.05, 0) is 44.9 Å². The molecule has 0 amide bonds. The van der Waals surface area contributed by atoms with Gasteiger partial charge >= 0.3 is 0 Å². The van der Waals surface area contributed by atoms with Gasteiger partial charge in [0.05, 0.1) is 0 Å². The lowest BCUT2D eigenvalue weighted by Crippen LogP contribution is -2.15. The third-order valence-electron chi connectivity index (χ3n) is 5.30. The first kappa shape index (κ1) is 18.5. The Balaban J connectivity index is 2.17. The lowest BCUT2D eigenvalue weighted by atomic mass is 9.78. The van der Waals surface area contributed by atoms with Gasteiger partial charge in [0, 0.05) is 35.9 Å². The van der Waals surface area contributed by atoms with Crippen molar-refractivity contribution in [3.05, 3.63) is 60.2 Å². The number of H-pyrrole nitrogens is 2. The third kappa shape index (κ3) is 3.13. The number of nitrogens with one attached hydrogen (secondary N) is 2. The van der Waals surface area contributed by atoms with Gasteiger partial charge in [0.2, 0.25) is 0 Å². The molecule has 0 spiro atoms. The van der Waals surface area contributed by atoms with Gasteiger partial charge in [-0.25, -0.2) is 9.97 Å². The van der Waals surface area contributed by atoms with Gasteiger partial charge in [0.25, 0.3) is 0 Å². The molecule has 4 heteroatoms. The normalized spacial score (nSPS) is 12.6. The highest BCUT2D eigenvalue weighted by molar-refractivity contribution is 6.05. The predicted molar refractivity (Wildman–Crippen MR) is 117 cm³/mol. The average Bonchev–Trinajstić information content (AvgIpc) is 3.32. The van der Waals surface area contributed by atoms with Gasteiger partial charge in [-0.1, -0.05) is 53.7 Å². The Kier molecular flexibility index (Phi) is 4.18. The zero-order chi connectivity index (χ0) is 20.1. The molecule has 0 aliphatic carbocycles. The van der Waals surface area contributed by atoms with E-state index >= 15 is 0 Å². The van der Waals surface area contributed by atoms with E-state index in [1.54, 1.807) is 0 Å². The Morgan fingerprint density at radius 3 is 1.89 bits per heavy atom. The van der Waals surface area contributed by atoms with Gasteiger partial charge in [-0.2, -0.15) is 0 Å². The molecule has 144 valence electrons. The van der Waals surface area contributed by atoms with Gasteiger partial charge < -0.3 is 9.97 Å². The molecular formula is C24H28N4. The molecule has 0 aliphatic rings. The van der Waals surface area contributed by atoms with Crippen LogP contribution in [0.25, 0.3) is 33.5 Å². The SMILES string of the molecule is CC(C)(C)c1ccc2c(-c3ncc[nH]3)c(C(C)(C)C)cc(-c3ncc[nH]3)c2c1. The molecule has 4 nitrogen and oxygen atoms in total. The molecule has 2 aromatic heterocycles. The van der Waals surface area contributed by atoms with E-state index in [4.69, 9.17) is 0 Å². The highest BCUT2D eigenvalue weighted by Gasteiger charge is 2.26. The molecule has 0 unspecified atom stereocenters. The zero-order valence-corrected chi connectivity index (χ0v) is 17.5. The molecule has 4 aromatic rings. The first-order chi connectivity index (χ1) is 13.2. The van der Waals surface area contributed by atoms with E-state index in [0.717, 1.165) is 17.2 Å². The number of hydrogen-bond donors (Lipinski definition) is 2. The van der Waals surface area contributed by atoms with Crippen molar-refractivity contribution in [2.24, 2.45) is 0 Å². The summed E-state index contributed by atoms with van der Waals surface area (Å²) in [5.74, 6) is 1.80. The molecule has 2 aromatic carbocycles. The second-order valence-corrected chi connectivity index (χ2v) is 9.48.